The number of amides is 1. The van der Waals surface area contributed by atoms with Crippen molar-refractivity contribution < 1.29 is 36.5 Å². The number of likely N-dealkylation sites (N-methyl/N-ethyl adjacent to an activating group) is 1. The van der Waals surface area contributed by atoms with Crippen molar-refractivity contribution >= 4 is 14.1 Å². The molecular formula is C19H22F3N2O5P. The van der Waals surface area contributed by atoms with Crippen molar-refractivity contribution in [1.29, 1.82) is 0 Å². The Morgan fingerprint density at radius 2 is 1.77 bits per heavy atom. The highest BCUT2D eigenvalue weighted by molar-refractivity contribution is 7.37. The monoisotopic (exact) mass is 446 g/mol. The minimum absolute atomic E-state index is 0.000139. The standard InChI is InChI=1S/C19H22F3N2O5P/c1-4-24(30(26)27-5-2)18(25)13(3)28-15-7-9-16(10-8-15)29-17-11-6-14(12-23-17)19(20,21)22/h6-13,30H,4-5H2,1-3H3. The number of hydrogen-bond acceptors (Lipinski definition) is 6. The van der Waals surface area contributed by atoms with Crippen molar-refractivity contribution in [3.05, 3.63) is 48.2 Å². The highest BCUT2D eigenvalue weighted by Crippen LogP contribution is 2.31. The molecule has 30 heavy (non-hydrogen) atoms. The number of hydrogen-bond donors (Lipinski definition) is 0. The van der Waals surface area contributed by atoms with Crippen LogP contribution < -0.4 is 9.47 Å². The molecule has 0 bridgehead atoms. The van der Waals surface area contributed by atoms with Gasteiger partial charge in [0.1, 0.15) is 11.5 Å². The highest BCUT2D eigenvalue weighted by atomic mass is 31.1. The zero-order valence-corrected chi connectivity index (χ0v) is 17.6. The SMILES string of the molecule is CCO[PH](=O)N(CC)C(=O)C(C)Oc1ccc(Oc2ccc(C(F)(F)F)cn2)cc1. The molecule has 0 N–H and O–H groups in total. The van der Waals surface area contributed by atoms with Crippen LogP contribution in [0.5, 0.6) is 17.4 Å². The van der Waals surface area contributed by atoms with Crippen LogP contribution in [-0.2, 0) is 20.1 Å². The van der Waals surface area contributed by atoms with E-state index in [2.05, 4.69) is 4.98 Å². The third-order valence-electron chi connectivity index (χ3n) is 3.84. The number of aromatic nitrogens is 1. The first-order valence-electron chi connectivity index (χ1n) is 9.11. The smallest absolute Gasteiger partial charge is 0.417 e. The number of ether oxygens (including phenoxy) is 2. The Bertz CT molecular complexity index is 860. The van der Waals surface area contributed by atoms with Crippen molar-refractivity contribution in [3.8, 4) is 17.4 Å². The second-order valence-corrected chi connectivity index (χ2v) is 7.36. The number of rotatable bonds is 9. The van der Waals surface area contributed by atoms with E-state index in [1.807, 2.05) is 0 Å². The van der Waals surface area contributed by atoms with E-state index < -0.39 is 31.9 Å². The lowest BCUT2D eigenvalue weighted by molar-refractivity contribution is -0.138. The first kappa shape index (κ1) is 23.7. The molecule has 1 amide bonds. The van der Waals surface area contributed by atoms with Crippen molar-refractivity contribution in [2.45, 2.75) is 33.1 Å². The van der Waals surface area contributed by atoms with Gasteiger partial charge in [-0.1, -0.05) is 0 Å². The second kappa shape index (κ2) is 10.4. The van der Waals surface area contributed by atoms with Gasteiger partial charge in [-0.2, -0.15) is 13.2 Å². The lowest BCUT2D eigenvalue weighted by atomic mass is 10.3. The molecule has 1 aromatic carbocycles. The molecule has 0 radical (unpaired) electrons. The number of alkyl halides is 3. The van der Waals surface area contributed by atoms with E-state index in [4.69, 9.17) is 14.0 Å². The predicted molar refractivity (Wildman–Crippen MR) is 104 cm³/mol. The third kappa shape index (κ3) is 6.47. The van der Waals surface area contributed by atoms with Gasteiger partial charge in [0, 0.05) is 18.8 Å². The molecule has 7 nitrogen and oxygen atoms in total. The summed E-state index contributed by atoms with van der Waals surface area (Å²) in [5.74, 6) is 0.213. The average Bonchev–Trinajstić information content (AvgIpc) is 2.70. The van der Waals surface area contributed by atoms with Gasteiger partial charge in [0.2, 0.25) is 5.88 Å². The summed E-state index contributed by atoms with van der Waals surface area (Å²) in [6, 6.07) is 8.10. The molecule has 2 aromatic rings. The number of halogens is 3. The quantitative estimate of drug-likeness (QED) is 0.508. The van der Waals surface area contributed by atoms with Gasteiger partial charge in [-0.3, -0.25) is 14.0 Å². The molecule has 2 atom stereocenters. The van der Waals surface area contributed by atoms with Crippen molar-refractivity contribution in [2.24, 2.45) is 0 Å². The molecule has 1 heterocycles. The van der Waals surface area contributed by atoms with Crippen LogP contribution in [0.4, 0.5) is 13.2 Å². The molecule has 164 valence electrons. The number of pyridine rings is 1. The maximum atomic E-state index is 12.6. The Kier molecular flexibility index (Phi) is 8.25. The Balaban J connectivity index is 1.98. The summed E-state index contributed by atoms with van der Waals surface area (Å²) in [5.41, 5.74) is -0.870. The maximum absolute atomic E-state index is 12.6. The highest BCUT2D eigenvalue weighted by Gasteiger charge is 2.30. The fourth-order valence-electron chi connectivity index (χ4n) is 2.37. The number of benzene rings is 1. The van der Waals surface area contributed by atoms with Crippen LogP contribution in [0.1, 0.15) is 26.3 Å². The maximum Gasteiger partial charge on any atom is 0.417 e. The molecule has 0 spiro atoms. The van der Waals surface area contributed by atoms with Gasteiger partial charge in [0.25, 0.3) is 14.1 Å². The van der Waals surface area contributed by atoms with E-state index in [1.165, 1.54) is 31.2 Å². The predicted octanol–water partition coefficient (Wildman–Crippen LogP) is 4.93. The summed E-state index contributed by atoms with van der Waals surface area (Å²) in [4.78, 5) is 16.1. The molecule has 0 aliphatic heterocycles. The Hall–Kier alpha value is -2.58. The van der Waals surface area contributed by atoms with Crippen LogP contribution in [0.15, 0.2) is 42.6 Å². The summed E-state index contributed by atoms with van der Waals surface area (Å²) in [7, 11) is -2.66. The van der Waals surface area contributed by atoms with Gasteiger partial charge in [-0.15, -0.1) is 0 Å². The van der Waals surface area contributed by atoms with Gasteiger partial charge in [-0.05, 0) is 51.1 Å². The molecule has 0 aliphatic carbocycles. The van der Waals surface area contributed by atoms with Crippen LogP contribution in [-0.4, -0.2) is 34.8 Å². The lowest BCUT2D eigenvalue weighted by Crippen LogP contribution is -2.36. The van der Waals surface area contributed by atoms with Gasteiger partial charge < -0.3 is 14.0 Å². The molecule has 1 aromatic heterocycles. The number of nitrogens with zero attached hydrogens (tertiary/aromatic N) is 2. The average molecular weight is 446 g/mol. The minimum Gasteiger partial charge on any atom is -0.481 e. The van der Waals surface area contributed by atoms with E-state index in [-0.39, 0.29) is 19.0 Å². The van der Waals surface area contributed by atoms with Crippen molar-refractivity contribution in [3.63, 3.8) is 0 Å². The molecule has 0 aliphatic rings. The second-order valence-electron chi connectivity index (χ2n) is 6.00. The lowest BCUT2D eigenvalue weighted by Gasteiger charge is -2.23. The topological polar surface area (TPSA) is 78.0 Å². The Morgan fingerprint density at radius 1 is 1.13 bits per heavy atom. The Labute approximate surface area is 172 Å². The van der Waals surface area contributed by atoms with Gasteiger partial charge >= 0.3 is 6.18 Å². The van der Waals surface area contributed by atoms with Gasteiger partial charge in [0.15, 0.2) is 6.10 Å². The third-order valence-corrected chi connectivity index (χ3v) is 5.35. The molecule has 2 unspecified atom stereocenters. The molecule has 0 saturated heterocycles. The number of carbonyl (C=O) groups excluding carboxylic acids is 1. The zero-order chi connectivity index (χ0) is 22.3. The molecule has 0 saturated carbocycles. The summed E-state index contributed by atoms with van der Waals surface area (Å²) >= 11 is 0. The zero-order valence-electron chi connectivity index (χ0n) is 16.6. The first-order chi connectivity index (χ1) is 14.2. The van der Waals surface area contributed by atoms with Crippen molar-refractivity contribution in [1.82, 2.24) is 9.65 Å². The molecule has 0 fully saturated rings. The van der Waals surface area contributed by atoms with E-state index >= 15 is 0 Å². The molecule has 2 rings (SSSR count). The van der Waals surface area contributed by atoms with Crippen LogP contribution in [0.3, 0.4) is 0 Å². The van der Waals surface area contributed by atoms with E-state index in [1.54, 1.807) is 13.8 Å². The summed E-state index contributed by atoms with van der Waals surface area (Å²) in [6.07, 6.45) is -4.68. The van der Waals surface area contributed by atoms with E-state index in [0.29, 0.717) is 17.7 Å². The van der Waals surface area contributed by atoms with Crippen LogP contribution in [0.2, 0.25) is 0 Å². The fraction of sp³-hybridized carbons (Fsp3) is 0.368. The number of carbonyl (C=O) groups is 1. The van der Waals surface area contributed by atoms with Crippen LogP contribution in [0.25, 0.3) is 0 Å². The Morgan fingerprint density at radius 3 is 2.27 bits per heavy atom. The molecule has 11 heteroatoms. The fourth-order valence-corrected chi connectivity index (χ4v) is 3.39. The summed E-state index contributed by atoms with van der Waals surface area (Å²) in [5, 5.41) is 0. The summed E-state index contributed by atoms with van der Waals surface area (Å²) in [6.45, 7) is 5.35. The van der Waals surface area contributed by atoms with E-state index in [0.717, 1.165) is 16.8 Å². The normalized spacial score (nSPS) is 13.4. The van der Waals surface area contributed by atoms with Crippen LogP contribution in [0, 0.1) is 0 Å². The largest absolute Gasteiger partial charge is 0.481 e. The summed E-state index contributed by atoms with van der Waals surface area (Å²) < 4.78 is 66.8. The van der Waals surface area contributed by atoms with E-state index in [9.17, 15) is 22.5 Å². The molecular weight excluding hydrogens is 424 g/mol. The van der Waals surface area contributed by atoms with Gasteiger partial charge in [-0.25, -0.2) is 4.98 Å². The van der Waals surface area contributed by atoms with Crippen LogP contribution >= 0.6 is 8.18 Å². The van der Waals surface area contributed by atoms with Gasteiger partial charge in [0.05, 0.1) is 12.2 Å². The first-order valence-corrected chi connectivity index (χ1v) is 10.4. The minimum atomic E-state index is -4.47. The van der Waals surface area contributed by atoms with Crippen molar-refractivity contribution in [2.75, 3.05) is 13.2 Å².